The van der Waals surface area contributed by atoms with E-state index in [4.69, 9.17) is 5.73 Å². The van der Waals surface area contributed by atoms with Crippen LogP contribution in [-0.4, -0.2) is 40.5 Å². The van der Waals surface area contributed by atoms with E-state index in [2.05, 4.69) is 5.32 Å². The van der Waals surface area contributed by atoms with Crippen molar-refractivity contribution >= 4 is 11.6 Å². The van der Waals surface area contributed by atoms with Gasteiger partial charge in [-0.3, -0.25) is 19.1 Å². The molecule has 0 spiro atoms. The molecular weight excluding hydrogens is 323 g/mol. The SMILES string of the molecule is CC(C(=O)Nc1ccc(-n2ccccc2=O)cc1F)N1CC[C@@H](N)C1. The van der Waals surface area contributed by atoms with E-state index < -0.39 is 5.82 Å². The van der Waals surface area contributed by atoms with Gasteiger partial charge in [-0.2, -0.15) is 0 Å². The average Bonchev–Trinajstić information content (AvgIpc) is 3.03. The predicted molar refractivity (Wildman–Crippen MR) is 94.3 cm³/mol. The number of amides is 1. The molecule has 2 aromatic rings. The molecule has 1 saturated heterocycles. The second kappa shape index (κ2) is 7.16. The molecule has 1 amide bonds. The monoisotopic (exact) mass is 344 g/mol. The number of hydrogen-bond donors (Lipinski definition) is 2. The summed E-state index contributed by atoms with van der Waals surface area (Å²) in [6, 6.07) is 8.69. The normalized spacial score (nSPS) is 18.9. The van der Waals surface area contributed by atoms with Crippen molar-refractivity contribution in [3.8, 4) is 5.69 Å². The van der Waals surface area contributed by atoms with E-state index in [1.54, 1.807) is 31.3 Å². The molecule has 6 nitrogen and oxygen atoms in total. The number of hydrogen-bond acceptors (Lipinski definition) is 4. The number of anilines is 1. The highest BCUT2D eigenvalue weighted by atomic mass is 19.1. The Balaban J connectivity index is 1.74. The smallest absolute Gasteiger partial charge is 0.255 e. The number of pyridine rings is 1. The van der Waals surface area contributed by atoms with Crippen molar-refractivity contribution in [3.05, 3.63) is 58.8 Å². The first kappa shape index (κ1) is 17.3. The van der Waals surface area contributed by atoms with Gasteiger partial charge in [-0.05, 0) is 31.5 Å². The van der Waals surface area contributed by atoms with Gasteiger partial charge in [0, 0.05) is 37.5 Å². The lowest BCUT2D eigenvalue weighted by Gasteiger charge is -2.23. The molecule has 2 heterocycles. The Morgan fingerprint density at radius 3 is 2.80 bits per heavy atom. The van der Waals surface area contributed by atoms with E-state index in [9.17, 15) is 14.0 Å². The van der Waals surface area contributed by atoms with E-state index in [0.29, 0.717) is 12.2 Å². The summed E-state index contributed by atoms with van der Waals surface area (Å²) >= 11 is 0. The summed E-state index contributed by atoms with van der Waals surface area (Å²) < 4.78 is 15.7. The first-order chi connectivity index (χ1) is 12.0. The van der Waals surface area contributed by atoms with Gasteiger partial charge in [-0.15, -0.1) is 0 Å². The number of rotatable bonds is 4. The van der Waals surface area contributed by atoms with Gasteiger partial charge >= 0.3 is 0 Å². The van der Waals surface area contributed by atoms with Crippen LogP contribution in [0.2, 0.25) is 0 Å². The third kappa shape index (κ3) is 3.78. The van der Waals surface area contributed by atoms with Crippen LogP contribution in [0.25, 0.3) is 5.69 Å². The van der Waals surface area contributed by atoms with Crippen LogP contribution < -0.4 is 16.6 Å². The largest absolute Gasteiger partial charge is 0.326 e. The number of aromatic nitrogens is 1. The lowest BCUT2D eigenvalue weighted by molar-refractivity contribution is -0.120. The minimum Gasteiger partial charge on any atom is -0.326 e. The number of nitrogens with two attached hydrogens (primary N) is 1. The predicted octanol–water partition coefficient (Wildman–Crippen LogP) is 1.34. The highest BCUT2D eigenvalue weighted by molar-refractivity contribution is 5.94. The molecule has 7 heteroatoms. The second-order valence-electron chi connectivity index (χ2n) is 6.28. The first-order valence-electron chi connectivity index (χ1n) is 8.24. The molecule has 1 aliphatic heterocycles. The lowest BCUT2D eigenvalue weighted by Crippen LogP contribution is -2.41. The van der Waals surface area contributed by atoms with Crippen molar-refractivity contribution in [2.75, 3.05) is 18.4 Å². The van der Waals surface area contributed by atoms with Crippen molar-refractivity contribution in [2.45, 2.75) is 25.4 Å². The van der Waals surface area contributed by atoms with Crippen LogP contribution in [0.5, 0.6) is 0 Å². The summed E-state index contributed by atoms with van der Waals surface area (Å²) in [5.74, 6) is -0.871. The highest BCUT2D eigenvalue weighted by Crippen LogP contribution is 2.19. The van der Waals surface area contributed by atoms with Gasteiger partial charge in [-0.25, -0.2) is 4.39 Å². The van der Waals surface area contributed by atoms with Crippen molar-refractivity contribution < 1.29 is 9.18 Å². The van der Waals surface area contributed by atoms with Gasteiger partial charge in [0.1, 0.15) is 5.82 Å². The molecule has 3 N–H and O–H groups in total. The van der Waals surface area contributed by atoms with E-state index >= 15 is 0 Å². The maximum atomic E-state index is 14.4. The molecule has 0 saturated carbocycles. The molecular formula is C18H21FN4O2. The molecule has 1 aromatic carbocycles. The zero-order valence-electron chi connectivity index (χ0n) is 14.0. The fourth-order valence-electron chi connectivity index (χ4n) is 2.97. The van der Waals surface area contributed by atoms with Crippen LogP contribution in [0.1, 0.15) is 13.3 Å². The first-order valence-corrected chi connectivity index (χ1v) is 8.24. The standard InChI is InChI=1S/C18H21FN4O2/c1-12(22-9-7-13(20)11-22)18(25)21-16-6-5-14(10-15(16)19)23-8-3-2-4-17(23)24/h2-6,8,10,12-13H,7,9,11,20H2,1H3,(H,21,25)/t12?,13-/m1/s1. The molecule has 2 atom stereocenters. The van der Waals surface area contributed by atoms with Gasteiger partial charge in [0.2, 0.25) is 5.91 Å². The summed E-state index contributed by atoms with van der Waals surface area (Å²) in [7, 11) is 0. The molecule has 3 rings (SSSR count). The van der Waals surface area contributed by atoms with Crippen LogP contribution in [0, 0.1) is 5.82 Å². The van der Waals surface area contributed by atoms with Crippen molar-refractivity contribution in [2.24, 2.45) is 5.73 Å². The molecule has 132 valence electrons. The zero-order valence-corrected chi connectivity index (χ0v) is 14.0. The molecule has 1 aromatic heterocycles. The number of benzene rings is 1. The van der Waals surface area contributed by atoms with Crippen molar-refractivity contribution in [1.82, 2.24) is 9.47 Å². The number of likely N-dealkylation sites (tertiary alicyclic amines) is 1. The molecule has 1 fully saturated rings. The number of halogens is 1. The highest BCUT2D eigenvalue weighted by Gasteiger charge is 2.28. The van der Waals surface area contributed by atoms with E-state index in [1.807, 2.05) is 4.90 Å². The fourth-order valence-corrected chi connectivity index (χ4v) is 2.97. The van der Waals surface area contributed by atoms with Crippen molar-refractivity contribution in [3.63, 3.8) is 0 Å². The quantitative estimate of drug-likeness (QED) is 0.877. The van der Waals surface area contributed by atoms with E-state index in [1.165, 1.54) is 22.8 Å². The van der Waals surface area contributed by atoms with Gasteiger partial charge < -0.3 is 11.1 Å². The number of nitrogens with zero attached hydrogens (tertiary/aromatic N) is 2. The van der Waals surface area contributed by atoms with Crippen LogP contribution in [0.3, 0.4) is 0 Å². The number of carbonyl (C=O) groups excluding carboxylic acids is 1. The van der Waals surface area contributed by atoms with Crippen LogP contribution in [0.15, 0.2) is 47.4 Å². The topological polar surface area (TPSA) is 80.4 Å². The summed E-state index contributed by atoms with van der Waals surface area (Å²) in [6.07, 6.45) is 2.42. The van der Waals surface area contributed by atoms with E-state index in [-0.39, 0.29) is 29.2 Å². The summed E-state index contributed by atoms with van der Waals surface area (Å²) in [6.45, 7) is 3.20. The molecule has 0 aliphatic carbocycles. The Bertz CT molecular complexity index is 836. The summed E-state index contributed by atoms with van der Waals surface area (Å²) in [4.78, 5) is 26.1. The number of nitrogens with one attached hydrogen (secondary N) is 1. The Kier molecular flexibility index (Phi) is 4.96. The lowest BCUT2D eigenvalue weighted by atomic mass is 10.2. The Morgan fingerprint density at radius 2 is 2.16 bits per heavy atom. The molecule has 0 bridgehead atoms. The fraction of sp³-hybridized carbons (Fsp3) is 0.333. The van der Waals surface area contributed by atoms with Gasteiger partial charge in [0.05, 0.1) is 17.4 Å². The van der Waals surface area contributed by atoms with Crippen molar-refractivity contribution in [1.29, 1.82) is 0 Å². The van der Waals surface area contributed by atoms with Gasteiger partial charge in [-0.1, -0.05) is 6.07 Å². The Labute approximate surface area is 145 Å². The zero-order chi connectivity index (χ0) is 18.0. The van der Waals surface area contributed by atoms with Gasteiger partial charge in [0.15, 0.2) is 0 Å². The Hall–Kier alpha value is -2.51. The average molecular weight is 344 g/mol. The van der Waals surface area contributed by atoms with Crippen LogP contribution in [-0.2, 0) is 4.79 Å². The third-order valence-corrected chi connectivity index (χ3v) is 4.49. The number of carbonyl (C=O) groups is 1. The maximum Gasteiger partial charge on any atom is 0.255 e. The summed E-state index contributed by atoms with van der Waals surface area (Å²) in [5.41, 5.74) is 6.10. The molecule has 0 radical (unpaired) electrons. The third-order valence-electron chi connectivity index (χ3n) is 4.49. The maximum absolute atomic E-state index is 14.4. The molecule has 25 heavy (non-hydrogen) atoms. The van der Waals surface area contributed by atoms with Crippen LogP contribution in [0.4, 0.5) is 10.1 Å². The van der Waals surface area contributed by atoms with Gasteiger partial charge in [0.25, 0.3) is 5.56 Å². The molecule has 1 unspecified atom stereocenters. The molecule has 1 aliphatic rings. The minimum atomic E-state index is -0.591. The second-order valence-corrected chi connectivity index (χ2v) is 6.28. The Morgan fingerprint density at radius 1 is 1.36 bits per heavy atom. The summed E-state index contributed by atoms with van der Waals surface area (Å²) in [5, 5.41) is 2.61. The minimum absolute atomic E-state index is 0.0791. The van der Waals surface area contributed by atoms with E-state index in [0.717, 1.165) is 13.0 Å². The van der Waals surface area contributed by atoms with Crippen LogP contribution >= 0.6 is 0 Å².